The molecule has 4 saturated carbocycles. The number of nitrogens with one attached hydrogen (secondary N) is 1. The van der Waals surface area contributed by atoms with E-state index in [4.69, 9.17) is 0 Å². The van der Waals surface area contributed by atoms with Gasteiger partial charge in [-0.15, -0.1) is 0 Å². The van der Waals surface area contributed by atoms with E-state index < -0.39 is 10.8 Å². The van der Waals surface area contributed by atoms with E-state index in [0.29, 0.717) is 11.0 Å². The molecule has 4 bridgehead atoms. The molecule has 1 atom stereocenters. The molecule has 23 heavy (non-hydrogen) atoms. The summed E-state index contributed by atoms with van der Waals surface area (Å²) in [6, 6.07) is 7.14. The second kappa shape index (κ2) is 5.73. The van der Waals surface area contributed by atoms with E-state index in [1.807, 2.05) is 0 Å². The highest BCUT2D eigenvalue weighted by molar-refractivity contribution is 7.84. The van der Waals surface area contributed by atoms with Gasteiger partial charge in [0.2, 0.25) is 0 Å². The summed E-state index contributed by atoms with van der Waals surface area (Å²) >= 11 is 0. The third kappa shape index (κ3) is 2.98. The second-order valence-electron chi connectivity index (χ2n) is 8.08. The second-order valence-corrected chi connectivity index (χ2v) is 9.46. The number of hydrogen-bond acceptors (Lipinski definition) is 2. The van der Waals surface area contributed by atoms with Gasteiger partial charge < -0.3 is 5.32 Å². The summed E-state index contributed by atoms with van der Waals surface area (Å²) in [4.78, 5) is 13.2. The number of hydrogen-bond donors (Lipinski definition) is 1. The third-order valence-corrected chi connectivity index (χ3v) is 7.17. The van der Waals surface area contributed by atoms with Crippen molar-refractivity contribution in [1.29, 1.82) is 0 Å². The number of rotatable bonds is 4. The van der Waals surface area contributed by atoms with Crippen molar-refractivity contribution < 1.29 is 9.00 Å². The van der Waals surface area contributed by atoms with Crippen molar-refractivity contribution in [2.24, 2.45) is 23.2 Å². The summed E-state index contributed by atoms with van der Waals surface area (Å²) in [5, 5.41) is 3.19. The molecule has 4 fully saturated rings. The maximum Gasteiger partial charge on any atom is 0.251 e. The third-order valence-electron chi connectivity index (χ3n) is 6.24. The number of carbonyl (C=O) groups excluding carboxylic acids is 1. The Bertz CT molecular complexity index is 602. The predicted octanol–water partition coefficient (Wildman–Crippen LogP) is 3.37. The summed E-state index contributed by atoms with van der Waals surface area (Å²) in [5.74, 6) is 2.75. The lowest BCUT2D eigenvalue weighted by Crippen LogP contribution is -2.51. The molecule has 4 aliphatic carbocycles. The molecule has 1 amide bonds. The van der Waals surface area contributed by atoms with Gasteiger partial charge in [0.05, 0.1) is 0 Å². The molecule has 0 aromatic heterocycles. The lowest BCUT2D eigenvalue weighted by atomic mass is 9.49. The largest absolute Gasteiger partial charge is 0.351 e. The molecule has 0 aliphatic heterocycles. The van der Waals surface area contributed by atoms with E-state index in [1.54, 1.807) is 30.5 Å². The Morgan fingerprint density at radius 2 is 1.61 bits per heavy atom. The molecule has 5 rings (SSSR count). The van der Waals surface area contributed by atoms with E-state index >= 15 is 0 Å². The molecule has 0 unspecified atom stereocenters. The van der Waals surface area contributed by atoms with Gasteiger partial charge in [0.15, 0.2) is 0 Å². The fraction of sp³-hybridized carbons (Fsp3) is 0.632. The van der Waals surface area contributed by atoms with Crippen LogP contribution in [0.25, 0.3) is 0 Å². The van der Waals surface area contributed by atoms with Gasteiger partial charge in [0.1, 0.15) is 0 Å². The molecular formula is C19H25NO2S. The van der Waals surface area contributed by atoms with Gasteiger partial charge in [0, 0.05) is 34.1 Å². The van der Waals surface area contributed by atoms with Crippen molar-refractivity contribution >= 4 is 16.7 Å². The smallest absolute Gasteiger partial charge is 0.251 e. The van der Waals surface area contributed by atoms with E-state index in [2.05, 4.69) is 5.32 Å². The molecule has 1 N–H and O–H groups in total. The summed E-state index contributed by atoms with van der Waals surface area (Å²) in [7, 11) is -0.994. The Balaban J connectivity index is 1.41. The van der Waals surface area contributed by atoms with E-state index in [-0.39, 0.29) is 5.91 Å². The number of amides is 1. The zero-order chi connectivity index (χ0) is 16.0. The summed E-state index contributed by atoms with van der Waals surface area (Å²) in [6.45, 7) is 0.830. The minimum absolute atomic E-state index is 0.00850. The molecule has 4 aliphatic rings. The highest BCUT2D eigenvalue weighted by atomic mass is 32.2. The monoisotopic (exact) mass is 331 g/mol. The van der Waals surface area contributed by atoms with Crippen LogP contribution in [0.1, 0.15) is 48.9 Å². The van der Waals surface area contributed by atoms with Crippen LogP contribution >= 0.6 is 0 Å². The van der Waals surface area contributed by atoms with Crippen LogP contribution in [0.15, 0.2) is 29.2 Å². The van der Waals surface area contributed by atoms with E-state index in [0.717, 1.165) is 29.2 Å². The van der Waals surface area contributed by atoms with Crippen molar-refractivity contribution in [3.05, 3.63) is 29.8 Å². The van der Waals surface area contributed by atoms with E-state index in [1.165, 1.54) is 38.5 Å². The first-order valence-corrected chi connectivity index (χ1v) is 10.3. The maximum absolute atomic E-state index is 12.4. The molecule has 0 spiro atoms. The fourth-order valence-corrected chi connectivity index (χ4v) is 6.19. The SMILES string of the molecule is C[S@@](=O)c1ccc(C(=O)NCC23CC4CC(CC(C4)C2)C3)cc1. The Morgan fingerprint density at radius 1 is 1.09 bits per heavy atom. The molecule has 1 aromatic rings. The van der Waals surface area contributed by atoms with Crippen molar-refractivity contribution in [3.63, 3.8) is 0 Å². The quantitative estimate of drug-likeness (QED) is 0.919. The maximum atomic E-state index is 12.4. The van der Waals surface area contributed by atoms with Crippen LogP contribution in [0.4, 0.5) is 0 Å². The minimum Gasteiger partial charge on any atom is -0.351 e. The number of carbonyl (C=O) groups is 1. The molecule has 0 radical (unpaired) electrons. The normalized spacial score (nSPS) is 36.0. The first-order valence-electron chi connectivity index (χ1n) is 8.75. The highest BCUT2D eigenvalue weighted by Crippen LogP contribution is 2.59. The number of benzene rings is 1. The topological polar surface area (TPSA) is 46.2 Å². The molecule has 0 saturated heterocycles. The van der Waals surface area contributed by atoms with E-state index in [9.17, 15) is 9.00 Å². The predicted molar refractivity (Wildman–Crippen MR) is 91.7 cm³/mol. The van der Waals surface area contributed by atoms with Gasteiger partial charge in [-0.2, -0.15) is 0 Å². The van der Waals surface area contributed by atoms with Gasteiger partial charge in [-0.1, -0.05) is 0 Å². The minimum atomic E-state index is -0.994. The summed E-state index contributed by atoms with van der Waals surface area (Å²) in [6.07, 6.45) is 9.89. The van der Waals surface area contributed by atoms with Crippen LogP contribution in [0.3, 0.4) is 0 Å². The van der Waals surface area contributed by atoms with Crippen LogP contribution in [0.5, 0.6) is 0 Å². The Labute approximate surface area is 140 Å². The molecule has 1 aromatic carbocycles. The molecule has 124 valence electrons. The molecule has 0 heterocycles. The molecular weight excluding hydrogens is 306 g/mol. The van der Waals surface area contributed by atoms with Crippen molar-refractivity contribution in [2.45, 2.75) is 43.4 Å². The fourth-order valence-electron chi connectivity index (χ4n) is 5.67. The van der Waals surface area contributed by atoms with Crippen molar-refractivity contribution in [1.82, 2.24) is 5.32 Å². The van der Waals surface area contributed by atoms with Gasteiger partial charge in [-0.05, 0) is 86.0 Å². The zero-order valence-corrected chi connectivity index (χ0v) is 14.5. The van der Waals surface area contributed by atoms with Gasteiger partial charge in [-0.3, -0.25) is 9.00 Å². The summed E-state index contributed by atoms with van der Waals surface area (Å²) in [5.41, 5.74) is 1.04. The van der Waals surface area contributed by atoms with Crippen molar-refractivity contribution in [3.8, 4) is 0 Å². The van der Waals surface area contributed by atoms with Crippen molar-refractivity contribution in [2.75, 3.05) is 12.8 Å². The van der Waals surface area contributed by atoms with Gasteiger partial charge in [0.25, 0.3) is 5.91 Å². The first kappa shape index (κ1) is 15.4. The first-order chi connectivity index (χ1) is 11.0. The standard InChI is InChI=1S/C19H25NO2S/c1-23(22)17-4-2-16(3-5-17)18(21)20-12-19-9-13-6-14(10-19)8-15(7-13)11-19/h2-5,13-15H,6-12H2,1H3,(H,20,21)/t13?,14?,15?,19?,23-/m1/s1. The average molecular weight is 331 g/mol. The highest BCUT2D eigenvalue weighted by Gasteiger charge is 2.50. The lowest BCUT2D eigenvalue weighted by molar-refractivity contribution is -0.0503. The Hall–Kier alpha value is -1.16. The van der Waals surface area contributed by atoms with Crippen LogP contribution in [0, 0.1) is 23.2 Å². The van der Waals surface area contributed by atoms with Gasteiger partial charge >= 0.3 is 0 Å². The lowest BCUT2D eigenvalue weighted by Gasteiger charge is -2.56. The average Bonchev–Trinajstić information content (AvgIpc) is 2.51. The Morgan fingerprint density at radius 3 is 2.09 bits per heavy atom. The van der Waals surface area contributed by atoms with Crippen LogP contribution in [-0.4, -0.2) is 22.9 Å². The van der Waals surface area contributed by atoms with Crippen LogP contribution < -0.4 is 5.32 Å². The van der Waals surface area contributed by atoms with Gasteiger partial charge in [-0.25, -0.2) is 0 Å². The molecule has 4 heteroatoms. The van der Waals surface area contributed by atoms with Crippen LogP contribution in [0.2, 0.25) is 0 Å². The van der Waals surface area contributed by atoms with Crippen LogP contribution in [-0.2, 0) is 10.8 Å². The molecule has 3 nitrogen and oxygen atoms in total. The zero-order valence-electron chi connectivity index (χ0n) is 13.7. The summed E-state index contributed by atoms with van der Waals surface area (Å²) < 4.78 is 11.4. The Kier molecular flexibility index (Phi) is 3.83.